The largest absolute Gasteiger partial charge is 0.493 e. The van der Waals surface area contributed by atoms with Gasteiger partial charge in [0.15, 0.2) is 11.5 Å². The number of benzene rings is 1. The van der Waals surface area contributed by atoms with Crippen LogP contribution in [0.5, 0.6) is 29.3 Å². The first-order valence-electron chi connectivity index (χ1n) is 10.4. The molecule has 3 atom stereocenters. The molecule has 0 unspecified atom stereocenters. The quantitative estimate of drug-likeness (QED) is 0.654. The molecule has 1 aromatic carbocycles. The van der Waals surface area contributed by atoms with E-state index in [0.29, 0.717) is 35.8 Å². The Morgan fingerprint density at radius 1 is 0.938 bits per heavy atom. The van der Waals surface area contributed by atoms with Crippen LogP contribution in [0.15, 0.2) is 29.3 Å². The summed E-state index contributed by atoms with van der Waals surface area (Å²) in [5.41, 5.74) is 2.94. The standard InChI is InChI=1S/C23H27N3O6/c1-6-32-18-10-13-14-9-12(27)7-8-16(14)24-20(15(13)11-17(18)28-2)19-21(29-3)25-23(31-5)26-22(19)30-4/h7-8,10-12,14,16,27H,6,9H2,1-5H3/t12-,14+,16+/m0/s1. The van der Waals surface area contributed by atoms with Gasteiger partial charge < -0.3 is 28.8 Å². The maximum Gasteiger partial charge on any atom is 0.322 e. The van der Waals surface area contributed by atoms with Crippen molar-refractivity contribution in [2.75, 3.05) is 35.0 Å². The number of aliphatic imine (C=N–C) groups is 1. The van der Waals surface area contributed by atoms with Crippen LogP contribution in [0.1, 0.15) is 36.0 Å². The molecule has 1 aliphatic heterocycles. The molecule has 2 heterocycles. The van der Waals surface area contributed by atoms with Crippen LogP contribution in [0.25, 0.3) is 0 Å². The lowest BCUT2D eigenvalue weighted by Crippen LogP contribution is -2.31. The third-order valence-electron chi connectivity index (χ3n) is 5.63. The molecule has 2 aromatic rings. The van der Waals surface area contributed by atoms with Crippen molar-refractivity contribution in [1.29, 1.82) is 0 Å². The highest BCUT2D eigenvalue weighted by molar-refractivity contribution is 6.17. The van der Waals surface area contributed by atoms with Crippen LogP contribution in [0, 0.1) is 0 Å². The summed E-state index contributed by atoms with van der Waals surface area (Å²) in [5.74, 6) is 1.77. The molecule has 9 nitrogen and oxygen atoms in total. The Morgan fingerprint density at radius 2 is 1.66 bits per heavy atom. The first-order chi connectivity index (χ1) is 15.5. The molecule has 9 heteroatoms. The van der Waals surface area contributed by atoms with Gasteiger partial charge in [-0.05, 0) is 31.0 Å². The SMILES string of the molecule is CCOc1cc2c(cc1OC)C(c1c(OC)nc(OC)nc1OC)=N[C@@H]1C=C[C@H](O)C[C@H]21. The van der Waals surface area contributed by atoms with E-state index in [-0.39, 0.29) is 29.7 Å². The maximum absolute atomic E-state index is 10.3. The topological polar surface area (TPSA) is 105 Å². The van der Waals surface area contributed by atoms with Gasteiger partial charge in [-0.15, -0.1) is 0 Å². The van der Waals surface area contributed by atoms with Gasteiger partial charge in [0.25, 0.3) is 0 Å². The molecular formula is C23H27N3O6. The van der Waals surface area contributed by atoms with Crippen molar-refractivity contribution in [2.24, 2.45) is 4.99 Å². The van der Waals surface area contributed by atoms with Gasteiger partial charge in [0, 0.05) is 11.5 Å². The van der Waals surface area contributed by atoms with Crippen molar-refractivity contribution in [1.82, 2.24) is 9.97 Å². The minimum absolute atomic E-state index is 0.0185. The van der Waals surface area contributed by atoms with Gasteiger partial charge in [-0.25, -0.2) is 0 Å². The number of aliphatic hydroxyl groups excluding tert-OH is 1. The molecule has 4 rings (SSSR count). The summed E-state index contributed by atoms with van der Waals surface area (Å²) in [6, 6.07) is 3.81. The highest BCUT2D eigenvalue weighted by atomic mass is 16.5. The average molecular weight is 441 g/mol. The van der Waals surface area contributed by atoms with E-state index in [2.05, 4.69) is 9.97 Å². The monoisotopic (exact) mass is 441 g/mol. The molecule has 170 valence electrons. The van der Waals surface area contributed by atoms with E-state index < -0.39 is 6.10 Å². The van der Waals surface area contributed by atoms with Crippen LogP contribution in [0.4, 0.5) is 0 Å². The second kappa shape index (κ2) is 9.04. The lowest BCUT2D eigenvalue weighted by atomic mass is 9.77. The fourth-order valence-corrected chi connectivity index (χ4v) is 4.22. The Hall–Kier alpha value is -3.33. The van der Waals surface area contributed by atoms with Crippen molar-refractivity contribution in [3.8, 4) is 29.3 Å². The second-order valence-corrected chi connectivity index (χ2v) is 7.39. The number of aliphatic hydroxyl groups is 1. The summed E-state index contributed by atoms with van der Waals surface area (Å²) in [6.07, 6.45) is 3.72. The number of rotatable bonds is 7. The predicted molar refractivity (Wildman–Crippen MR) is 118 cm³/mol. The summed E-state index contributed by atoms with van der Waals surface area (Å²) in [4.78, 5) is 13.7. The molecule has 0 fully saturated rings. The normalized spacial score (nSPS) is 21.2. The second-order valence-electron chi connectivity index (χ2n) is 7.39. The molecular weight excluding hydrogens is 414 g/mol. The van der Waals surface area contributed by atoms with Gasteiger partial charge >= 0.3 is 6.01 Å². The third-order valence-corrected chi connectivity index (χ3v) is 5.63. The average Bonchev–Trinajstić information content (AvgIpc) is 2.82. The summed E-state index contributed by atoms with van der Waals surface area (Å²) in [6.45, 7) is 2.42. The first-order valence-corrected chi connectivity index (χ1v) is 10.4. The van der Waals surface area contributed by atoms with E-state index in [1.165, 1.54) is 21.3 Å². The van der Waals surface area contributed by atoms with Gasteiger partial charge in [0.05, 0.1) is 52.9 Å². The lowest BCUT2D eigenvalue weighted by molar-refractivity contribution is 0.190. The van der Waals surface area contributed by atoms with Crippen molar-refractivity contribution in [3.05, 3.63) is 41.0 Å². The van der Waals surface area contributed by atoms with Crippen LogP contribution in [-0.2, 0) is 0 Å². The smallest absolute Gasteiger partial charge is 0.322 e. The van der Waals surface area contributed by atoms with Gasteiger partial charge in [-0.3, -0.25) is 4.99 Å². The molecule has 32 heavy (non-hydrogen) atoms. The Labute approximate surface area is 186 Å². The highest BCUT2D eigenvalue weighted by Crippen LogP contribution is 2.45. The van der Waals surface area contributed by atoms with E-state index in [1.54, 1.807) is 13.2 Å². The minimum Gasteiger partial charge on any atom is -0.493 e. The third kappa shape index (κ3) is 3.73. The van der Waals surface area contributed by atoms with Crippen LogP contribution >= 0.6 is 0 Å². The van der Waals surface area contributed by atoms with Crippen LogP contribution in [-0.4, -0.2) is 68.0 Å². The molecule has 1 aromatic heterocycles. The Morgan fingerprint density at radius 3 is 2.25 bits per heavy atom. The van der Waals surface area contributed by atoms with E-state index in [9.17, 15) is 5.11 Å². The Balaban J connectivity index is 1.99. The predicted octanol–water partition coefficient (Wildman–Crippen LogP) is 2.53. The molecule has 0 bridgehead atoms. The molecule has 2 aliphatic rings. The van der Waals surface area contributed by atoms with Gasteiger partial charge in [-0.2, -0.15) is 9.97 Å². The molecule has 0 spiro atoms. The van der Waals surface area contributed by atoms with Crippen molar-refractivity contribution >= 4 is 5.71 Å². The van der Waals surface area contributed by atoms with E-state index in [0.717, 1.165) is 11.1 Å². The van der Waals surface area contributed by atoms with Gasteiger partial charge in [0.1, 0.15) is 5.56 Å². The number of nitrogens with zero attached hydrogens (tertiary/aromatic N) is 3. The first kappa shape index (κ1) is 21.9. The number of hydrogen-bond acceptors (Lipinski definition) is 9. The fraction of sp³-hybridized carbons (Fsp3) is 0.435. The van der Waals surface area contributed by atoms with Crippen LogP contribution < -0.4 is 23.7 Å². The molecule has 0 saturated carbocycles. The van der Waals surface area contributed by atoms with Crippen molar-refractivity contribution in [2.45, 2.75) is 31.4 Å². The summed E-state index contributed by atoms with van der Waals surface area (Å²) >= 11 is 0. The van der Waals surface area contributed by atoms with Gasteiger partial charge in [-0.1, -0.05) is 12.2 Å². The highest BCUT2D eigenvalue weighted by Gasteiger charge is 2.37. The molecule has 0 amide bonds. The molecule has 1 aliphatic carbocycles. The summed E-state index contributed by atoms with van der Waals surface area (Å²) in [7, 11) is 6.11. The number of hydrogen-bond donors (Lipinski definition) is 1. The van der Waals surface area contributed by atoms with E-state index in [1.807, 2.05) is 25.1 Å². The summed E-state index contributed by atoms with van der Waals surface area (Å²) < 4.78 is 27.7. The zero-order chi connectivity index (χ0) is 22.8. The van der Waals surface area contributed by atoms with Crippen LogP contribution in [0.2, 0.25) is 0 Å². The van der Waals surface area contributed by atoms with Crippen molar-refractivity contribution < 1.29 is 28.8 Å². The molecule has 1 N–H and O–H groups in total. The number of fused-ring (bicyclic) bond motifs is 3. The van der Waals surface area contributed by atoms with E-state index >= 15 is 0 Å². The molecule has 0 radical (unpaired) electrons. The zero-order valence-electron chi connectivity index (χ0n) is 18.8. The summed E-state index contributed by atoms with van der Waals surface area (Å²) in [5, 5.41) is 10.3. The van der Waals surface area contributed by atoms with Crippen LogP contribution in [0.3, 0.4) is 0 Å². The zero-order valence-corrected chi connectivity index (χ0v) is 18.8. The Bertz CT molecular complexity index is 1040. The fourth-order valence-electron chi connectivity index (χ4n) is 4.22. The number of methoxy groups -OCH3 is 4. The maximum atomic E-state index is 10.3. The minimum atomic E-state index is -0.535. The molecule has 0 saturated heterocycles. The van der Waals surface area contributed by atoms with Gasteiger partial charge in [0.2, 0.25) is 11.8 Å². The lowest BCUT2D eigenvalue weighted by Gasteiger charge is -2.35. The van der Waals surface area contributed by atoms with E-state index in [4.69, 9.17) is 28.7 Å². The number of ether oxygens (including phenoxy) is 5. The van der Waals surface area contributed by atoms with Crippen molar-refractivity contribution in [3.63, 3.8) is 0 Å². The number of aromatic nitrogens is 2. The Kier molecular flexibility index (Phi) is 6.18.